The first-order valence-corrected chi connectivity index (χ1v) is 8.45. The Bertz CT molecular complexity index is 210. The Kier molecular flexibility index (Phi) is 5.64. The van der Waals surface area contributed by atoms with Gasteiger partial charge in [0.2, 0.25) is 0 Å². The minimum Gasteiger partial charge on any atom is -0.378 e. The van der Waals surface area contributed by atoms with Gasteiger partial charge in [0.1, 0.15) is 0 Å². The molecule has 1 atom stereocenters. The van der Waals surface area contributed by atoms with E-state index in [0.717, 1.165) is 13.2 Å². The predicted octanol–water partition coefficient (Wildman–Crippen LogP) is 3.21. The quantitative estimate of drug-likeness (QED) is 0.738. The van der Waals surface area contributed by atoms with E-state index in [4.69, 9.17) is 4.74 Å². The van der Waals surface area contributed by atoms with Crippen molar-refractivity contribution in [2.24, 2.45) is 0 Å². The molecule has 0 radical (unpaired) electrons. The van der Waals surface area contributed by atoms with Crippen molar-refractivity contribution in [2.75, 3.05) is 26.0 Å². The largest absolute Gasteiger partial charge is 0.378 e. The highest BCUT2D eigenvalue weighted by Gasteiger charge is 2.30. The van der Waals surface area contributed by atoms with E-state index in [1.807, 2.05) is 0 Å². The van der Waals surface area contributed by atoms with Crippen molar-refractivity contribution in [3.63, 3.8) is 0 Å². The topological polar surface area (TPSA) is 21.3 Å². The molecule has 0 aromatic carbocycles. The van der Waals surface area contributed by atoms with Crippen LogP contribution in [0.25, 0.3) is 0 Å². The van der Waals surface area contributed by atoms with Crippen LogP contribution in [0.5, 0.6) is 0 Å². The van der Waals surface area contributed by atoms with Crippen molar-refractivity contribution in [1.29, 1.82) is 0 Å². The van der Waals surface area contributed by atoms with Crippen LogP contribution in [-0.4, -0.2) is 36.8 Å². The Morgan fingerprint density at radius 2 is 2.06 bits per heavy atom. The Labute approximate surface area is 110 Å². The molecule has 0 aromatic heterocycles. The predicted molar refractivity (Wildman–Crippen MR) is 75.8 cm³/mol. The lowest BCUT2D eigenvalue weighted by Gasteiger charge is -2.36. The van der Waals surface area contributed by atoms with Crippen LogP contribution < -0.4 is 5.32 Å². The first-order valence-electron chi connectivity index (χ1n) is 7.22. The van der Waals surface area contributed by atoms with Gasteiger partial charge in [-0.05, 0) is 44.9 Å². The highest BCUT2D eigenvalue weighted by molar-refractivity contribution is 8.00. The van der Waals surface area contributed by atoms with Gasteiger partial charge in [-0.15, -0.1) is 0 Å². The van der Waals surface area contributed by atoms with Gasteiger partial charge in [0, 0.05) is 17.9 Å². The van der Waals surface area contributed by atoms with Gasteiger partial charge in [0.25, 0.3) is 0 Å². The monoisotopic (exact) mass is 257 g/mol. The van der Waals surface area contributed by atoms with Crippen molar-refractivity contribution < 1.29 is 4.74 Å². The Balaban J connectivity index is 1.61. The van der Waals surface area contributed by atoms with Crippen LogP contribution >= 0.6 is 11.8 Å². The van der Waals surface area contributed by atoms with Crippen molar-refractivity contribution in [1.82, 2.24) is 5.32 Å². The lowest BCUT2D eigenvalue weighted by Crippen LogP contribution is -2.40. The molecule has 100 valence electrons. The molecule has 2 aliphatic rings. The molecule has 0 spiro atoms. The first kappa shape index (κ1) is 13.7. The molecule has 1 N–H and O–H groups in total. The molecule has 0 amide bonds. The van der Waals surface area contributed by atoms with Gasteiger partial charge in [0.05, 0.1) is 6.10 Å². The zero-order chi connectivity index (χ0) is 12.0. The standard InChI is InChI=1S/C14H27NOS/c1-17-14(8-3-2-4-9-14)12-15-10-7-13-6-5-11-16-13/h13,15H,2-12H2,1H3. The van der Waals surface area contributed by atoms with Gasteiger partial charge in [-0.1, -0.05) is 19.3 Å². The van der Waals surface area contributed by atoms with E-state index < -0.39 is 0 Å². The molecule has 1 saturated carbocycles. The molecule has 2 fully saturated rings. The van der Waals surface area contributed by atoms with Crippen molar-refractivity contribution >= 4 is 11.8 Å². The molecule has 1 aliphatic heterocycles. The maximum atomic E-state index is 5.65. The normalized spacial score (nSPS) is 28.4. The lowest BCUT2D eigenvalue weighted by molar-refractivity contribution is 0.104. The number of hydrogen-bond acceptors (Lipinski definition) is 3. The summed E-state index contributed by atoms with van der Waals surface area (Å²) in [6.07, 6.45) is 13.7. The summed E-state index contributed by atoms with van der Waals surface area (Å²) in [6, 6.07) is 0. The van der Waals surface area contributed by atoms with Crippen LogP contribution in [-0.2, 0) is 4.74 Å². The molecule has 17 heavy (non-hydrogen) atoms. The average molecular weight is 257 g/mol. The molecule has 1 heterocycles. The third kappa shape index (κ3) is 4.15. The van der Waals surface area contributed by atoms with Gasteiger partial charge in [0.15, 0.2) is 0 Å². The minimum absolute atomic E-state index is 0.536. The Morgan fingerprint density at radius 3 is 2.71 bits per heavy atom. The summed E-state index contributed by atoms with van der Waals surface area (Å²) in [5, 5.41) is 3.67. The van der Waals surface area contributed by atoms with E-state index in [9.17, 15) is 0 Å². The summed E-state index contributed by atoms with van der Waals surface area (Å²) in [4.78, 5) is 0. The highest BCUT2D eigenvalue weighted by Crippen LogP contribution is 2.37. The van der Waals surface area contributed by atoms with E-state index in [2.05, 4.69) is 23.3 Å². The van der Waals surface area contributed by atoms with Crippen molar-refractivity contribution in [3.8, 4) is 0 Å². The maximum absolute atomic E-state index is 5.65. The SMILES string of the molecule is CSC1(CNCCC2CCCO2)CCCCC1. The number of hydrogen-bond donors (Lipinski definition) is 1. The summed E-state index contributed by atoms with van der Waals surface area (Å²) < 4.78 is 6.19. The number of thioether (sulfide) groups is 1. The lowest BCUT2D eigenvalue weighted by atomic mass is 9.88. The molecule has 1 aliphatic carbocycles. The molecule has 1 unspecified atom stereocenters. The molecule has 2 nitrogen and oxygen atoms in total. The van der Waals surface area contributed by atoms with E-state index in [0.29, 0.717) is 10.9 Å². The molecular formula is C14H27NOS. The van der Waals surface area contributed by atoms with Gasteiger partial charge >= 0.3 is 0 Å². The zero-order valence-corrected chi connectivity index (χ0v) is 12.0. The minimum atomic E-state index is 0.536. The second-order valence-corrected chi connectivity index (χ2v) is 6.82. The summed E-state index contributed by atoms with van der Waals surface area (Å²) in [5.41, 5.74) is 0. The van der Waals surface area contributed by atoms with Crippen LogP contribution in [0.15, 0.2) is 0 Å². The van der Waals surface area contributed by atoms with Gasteiger partial charge in [-0.2, -0.15) is 11.8 Å². The Hall–Kier alpha value is 0.270. The fourth-order valence-corrected chi connectivity index (χ4v) is 4.04. The molecule has 3 heteroatoms. The van der Waals surface area contributed by atoms with Crippen molar-refractivity contribution in [2.45, 2.75) is 62.2 Å². The summed E-state index contributed by atoms with van der Waals surface area (Å²) in [7, 11) is 0. The van der Waals surface area contributed by atoms with Gasteiger partial charge < -0.3 is 10.1 Å². The smallest absolute Gasteiger partial charge is 0.0588 e. The Morgan fingerprint density at radius 1 is 1.24 bits per heavy atom. The fraction of sp³-hybridized carbons (Fsp3) is 1.00. The molecule has 0 aromatic rings. The van der Waals surface area contributed by atoms with E-state index in [1.165, 1.54) is 57.9 Å². The molecule has 1 saturated heterocycles. The number of ether oxygens (including phenoxy) is 1. The van der Waals surface area contributed by atoms with Gasteiger partial charge in [-0.3, -0.25) is 0 Å². The van der Waals surface area contributed by atoms with Crippen LogP contribution in [0.2, 0.25) is 0 Å². The van der Waals surface area contributed by atoms with E-state index in [-0.39, 0.29) is 0 Å². The average Bonchev–Trinajstić information content (AvgIpc) is 2.89. The van der Waals surface area contributed by atoms with E-state index in [1.54, 1.807) is 0 Å². The summed E-state index contributed by atoms with van der Waals surface area (Å²) >= 11 is 2.08. The maximum Gasteiger partial charge on any atom is 0.0588 e. The van der Waals surface area contributed by atoms with Crippen LogP contribution in [0.3, 0.4) is 0 Å². The van der Waals surface area contributed by atoms with Crippen LogP contribution in [0, 0.1) is 0 Å². The third-order valence-corrected chi connectivity index (χ3v) is 5.73. The molecule has 0 bridgehead atoms. The van der Waals surface area contributed by atoms with Crippen LogP contribution in [0.1, 0.15) is 51.4 Å². The molecular weight excluding hydrogens is 230 g/mol. The first-order chi connectivity index (χ1) is 8.35. The third-order valence-electron chi connectivity index (χ3n) is 4.31. The van der Waals surface area contributed by atoms with E-state index >= 15 is 0 Å². The summed E-state index contributed by atoms with van der Waals surface area (Å²) in [6.45, 7) is 3.31. The number of rotatable bonds is 6. The zero-order valence-electron chi connectivity index (χ0n) is 11.2. The van der Waals surface area contributed by atoms with Gasteiger partial charge in [-0.25, -0.2) is 0 Å². The second kappa shape index (κ2) is 7.01. The fourth-order valence-electron chi connectivity index (χ4n) is 3.10. The summed E-state index contributed by atoms with van der Waals surface area (Å²) in [5.74, 6) is 0. The second-order valence-electron chi connectivity index (χ2n) is 5.55. The van der Waals surface area contributed by atoms with Crippen molar-refractivity contribution in [3.05, 3.63) is 0 Å². The number of nitrogens with one attached hydrogen (secondary N) is 1. The molecule has 2 rings (SSSR count). The van der Waals surface area contributed by atoms with Crippen LogP contribution in [0.4, 0.5) is 0 Å². The highest BCUT2D eigenvalue weighted by atomic mass is 32.2.